The van der Waals surface area contributed by atoms with Gasteiger partial charge in [0.05, 0.1) is 4.47 Å². The Labute approximate surface area is 109 Å². The van der Waals surface area contributed by atoms with E-state index in [1.165, 1.54) is 6.07 Å². The van der Waals surface area contributed by atoms with Crippen LogP contribution >= 0.6 is 15.9 Å². The van der Waals surface area contributed by atoms with Crippen molar-refractivity contribution in [2.45, 2.75) is 37.5 Å². The highest BCUT2D eigenvalue weighted by Gasteiger charge is 2.35. The van der Waals surface area contributed by atoms with Crippen LogP contribution in [0.15, 0.2) is 16.6 Å². The summed E-state index contributed by atoms with van der Waals surface area (Å²) in [7, 11) is 0. The van der Waals surface area contributed by atoms with Crippen LogP contribution in [-0.2, 0) is 5.41 Å². The minimum absolute atomic E-state index is 0.186. The van der Waals surface area contributed by atoms with Gasteiger partial charge in [0, 0.05) is 12.0 Å². The average molecular weight is 304 g/mol. The average Bonchev–Trinajstić information content (AvgIpc) is 2.34. The fraction of sp³-hybridized carbons (Fsp3) is 0.538. The van der Waals surface area contributed by atoms with E-state index in [9.17, 15) is 8.78 Å². The van der Waals surface area contributed by atoms with Gasteiger partial charge in [-0.05, 0) is 46.5 Å². The van der Waals surface area contributed by atoms with Crippen LogP contribution in [-0.4, -0.2) is 6.54 Å². The van der Waals surface area contributed by atoms with Crippen molar-refractivity contribution in [1.29, 1.82) is 0 Å². The molecule has 1 saturated carbocycles. The monoisotopic (exact) mass is 303 g/mol. The van der Waals surface area contributed by atoms with Crippen LogP contribution in [0, 0.1) is 11.6 Å². The van der Waals surface area contributed by atoms with Crippen LogP contribution < -0.4 is 5.73 Å². The molecule has 1 aromatic rings. The zero-order valence-electron chi connectivity index (χ0n) is 9.61. The van der Waals surface area contributed by atoms with E-state index in [1.54, 1.807) is 0 Å². The topological polar surface area (TPSA) is 26.0 Å². The van der Waals surface area contributed by atoms with Crippen LogP contribution in [0.25, 0.3) is 0 Å². The summed E-state index contributed by atoms with van der Waals surface area (Å²) in [5.74, 6) is -0.773. The first-order valence-corrected chi connectivity index (χ1v) is 6.73. The normalized spacial score (nSPS) is 19.3. The van der Waals surface area contributed by atoms with Gasteiger partial charge in [-0.2, -0.15) is 0 Å². The standard InChI is InChI=1S/C13H16BrF2N/c14-11-7-9(15)6-10(12(11)16)13(8-17)4-2-1-3-5-13/h6-7H,1-5,8,17H2. The Kier molecular flexibility index (Phi) is 3.83. The van der Waals surface area contributed by atoms with Gasteiger partial charge in [-0.25, -0.2) is 8.78 Å². The van der Waals surface area contributed by atoms with Crippen LogP contribution in [0.1, 0.15) is 37.7 Å². The fourth-order valence-electron chi connectivity index (χ4n) is 2.75. The third-order valence-corrected chi connectivity index (χ3v) is 4.34. The molecule has 0 atom stereocenters. The number of rotatable bonds is 2. The van der Waals surface area contributed by atoms with Crippen molar-refractivity contribution in [2.75, 3.05) is 6.54 Å². The molecule has 0 heterocycles. The summed E-state index contributed by atoms with van der Waals surface area (Å²) in [6.07, 6.45) is 4.90. The minimum atomic E-state index is -0.410. The molecular weight excluding hydrogens is 288 g/mol. The highest BCUT2D eigenvalue weighted by atomic mass is 79.9. The smallest absolute Gasteiger partial charge is 0.141 e. The minimum Gasteiger partial charge on any atom is -0.330 e. The van der Waals surface area contributed by atoms with Crippen molar-refractivity contribution in [2.24, 2.45) is 5.73 Å². The molecule has 0 aliphatic heterocycles. The summed E-state index contributed by atoms with van der Waals surface area (Å²) in [5, 5.41) is 0. The van der Waals surface area contributed by atoms with Crippen molar-refractivity contribution in [3.63, 3.8) is 0 Å². The molecule has 2 N–H and O–H groups in total. The van der Waals surface area contributed by atoms with E-state index >= 15 is 0 Å². The molecule has 17 heavy (non-hydrogen) atoms. The van der Waals surface area contributed by atoms with E-state index in [0.29, 0.717) is 12.1 Å². The Hall–Kier alpha value is -0.480. The van der Waals surface area contributed by atoms with E-state index in [1.807, 2.05) is 0 Å². The molecule has 4 heteroatoms. The van der Waals surface area contributed by atoms with Gasteiger partial charge in [-0.15, -0.1) is 0 Å². The summed E-state index contributed by atoms with van der Waals surface area (Å²) in [6, 6.07) is 2.46. The second-order valence-electron chi connectivity index (χ2n) is 4.79. The number of benzene rings is 1. The highest BCUT2D eigenvalue weighted by molar-refractivity contribution is 9.10. The quantitative estimate of drug-likeness (QED) is 0.824. The van der Waals surface area contributed by atoms with Crippen molar-refractivity contribution in [1.82, 2.24) is 0 Å². The fourth-order valence-corrected chi connectivity index (χ4v) is 3.19. The molecule has 0 spiro atoms. The highest BCUT2D eigenvalue weighted by Crippen LogP contribution is 2.41. The molecule has 0 bridgehead atoms. The molecule has 0 aromatic heterocycles. The van der Waals surface area contributed by atoms with Gasteiger partial charge in [0.15, 0.2) is 0 Å². The number of halogens is 3. The third-order valence-electron chi connectivity index (χ3n) is 3.77. The lowest BCUT2D eigenvalue weighted by Crippen LogP contribution is -2.38. The molecule has 1 aromatic carbocycles. The lowest BCUT2D eigenvalue weighted by molar-refractivity contribution is 0.290. The van der Waals surface area contributed by atoms with E-state index in [4.69, 9.17) is 5.73 Å². The zero-order valence-corrected chi connectivity index (χ0v) is 11.2. The number of nitrogens with two attached hydrogens (primary N) is 1. The van der Waals surface area contributed by atoms with Gasteiger partial charge in [0.2, 0.25) is 0 Å². The lowest BCUT2D eigenvalue weighted by Gasteiger charge is -2.37. The maximum Gasteiger partial charge on any atom is 0.141 e. The van der Waals surface area contributed by atoms with Crippen LogP contribution in [0.5, 0.6) is 0 Å². The molecule has 0 amide bonds. The molecule has 0 saturated heterocycles. The van der Waals surface area contributed by atoms with Gasteiger partial charge < -0.3 is 5.73 Å². The van der Waals surface area contributed by atoms with Crippen molar-refractivity contribution < 1.29 is 8.78 Å². The molecule has 1 fully saturated rings. The second kappa shape index (κ2) is 5.02. The molecule has 2 rings (SSSR count). The predicted octanol–water partition coefficient (Wildman–Crippen LogP) is 3.89. The van der Waals surface area contributed by atoms with Crippen LogP contribution in [0.2, 0.25) is 0 Å². The number of hydrogen-bond acceptors (Lipinski definition) is 1. The van der Waals surface area contributed by atoms with Gasteiger partial charge >= 0.3 is 0 Å². The van der Waals surface area contributed by atoms with Gasteiger partial charge in [0.25, 0.3) is 0 Å². The zero-order chi connectivity index (χ0) is 12.5. The molecule has 0 radical (unpaired) electrons. The molecule has 1 nitrogen and oxygen atoms in total. The van der Waals surface area contributed by atoms with E-state index in [0.717, 1.165) is 38.2 Å². The first kappa shape index (κ1) is 13.0. The Morgan fingerprint density at radius 2 is 1.82 bits per heavy atom. The summed E-state index contributed by atoms with van der Waals surface area (Å²) < 4.78 is 27.7. The SMILES string of the molecule is NCC1(c2cc(F)cc(Br)c2F)CCCCC1. The van der Waals surface area contributed by atoms with Crippen molar-refractivity contribution in [3.05, 3.63) is 33.8 Å². The van der Waals surface area contributed by atoms with Gasteiger partial charge in [0.1, 0.15) is 11.6 Å². The van der Waals surface area contributed by atoms with Crippen molar-refractivity contribution in [3.8, 4) is 0 Å². The summed E-state index contributed by atoms with van der Waals surface area (Å²) >= 11 is 3.06. The lowest BCUT2D eigenvalue weighted by atomic mass is 9.69. The van der Waals surface area contributed by atoms with E-state index in [2.05, 4.69) is 15.9 Å². The molecule has 0 unspecified atom stereocenters. The molecular formula is C13H16BrF2N. The van der Waals surface area contributed by atoms with Crippen LogP contribution in [0.3, 0.4) is 0 Å². The Morgan fingerprint density at radius 1 is 1.18 bits per heavy atom. The largest absolute Gasteiger partial charge is 0.330 e. The Bertz CT molecular complexity index is 414. The van der Waals surface area contributed by atoms with E-state index in [-0.39, 0.29) is 15.7 Å². The first-order valence-electron chi connectivity index (χ1n) is 5.94. The number of hydrogen-bond donors (Lipinski definition) is 1. The molecule has 94 valence electrons. The van der Waals surface area contributed by atoms with Gasteiger partial charge in [-0.3, -0.25) is 0 Å². The second-order valence-corrected chi connectivity index (χ2v) is 5.65. The predicted molar refractivity (Wildman–Crippen MR) is 67.9 cm³/mol. The molecule has 1 aliphatic rings. The summed E-state index contributed by atoms with van der Waals surface area (Å²) in [4.78, 5) is 0. The van der Waals surface area contributed by atoms with E-state index < -0.39 is 5.82 Å². The summed E-state index contributed by atoms with van der Waals surface area (Å²) in [6.45, 7) is 0.375. The summed E-state index contributed by atoms with van der Waals surface area (Å²) in [5.41, 5.74) is 5.89. The Balaban J connectivity index is 2.49. The Morgan fingerprint density at radius 3 is 2.41 bits per heavy atom. The third kappa shape index (κ3) is 2.38. The maximum atomic E-state index is 14.1. The van der Waals surface area contributed by atoms with Crippen LogP contribution in [0.4, 0.5) is 8.78 Å². The first-order chi connectivity index (χ1) is 8.09. The molecule has 1 aliphatic carbocycles. The van der Waals surface area contributed by atoms with Gasteiger partial charge in [-0.1, -0.05) is 19.3 Å². The maximum absolute atomic E-state index is 14.1. The van der Waals surface area contributed by atoms with Crippen molar-refractivity contribution >= 4 is 15.9 Å².